The van der Waals surface area contributed by atoms with Gasteiger partial charge in [-0.2, -0.15) is 4.98 Å². The normalized spacial score (nSPS) is 12.5. The molecule has 0 saturated heterocycles. The first-order valence-corrected chi connectivity index (χ1v) is 5.52. The Morgan fingerprint density at radius 2 is 2.11 bits per heavy atom. The minimum atomic E-state index is -0.564. The smallest absolute Gasteiger partial charge is 0.332 e. The van der Waals surface area contributed by atoms with Crippen LogP contribution in [0.4, 0.5) is 17.5 Å². The van der Waals surface area contributed by atoms with Gasteiger partial charge in [0.05, 0.1) is 17.6 Å². The predicted octanol–water partition coefficient (Wildman–Crippen LogP) is 0.704. The van der Waals surface area contributed by atoms with Crippen molar-refractivity contribution in [1.82, 2.24) is 9.97 Å². The number of aryl methyl sites for hydroxylation is 1. The van der Waals surface area contributed by atoms with E-state index in [2.05, 4.69) is 15.3 Å². The van der Waals surface area contributed by atoms with Crippen LogP contribution in [0.25, 0.3) is 0 Å². The summed E-state index contributed by atoms with van der Waals surface area (Å²) in [5.41, 5.74) is 5.45. The monoisotopic (exact) mass is 255 g/mol. The second-order valence-electron chi connectivity index (χ2n) is 4.30. The van der Waals surface area contributed by atoms with Crippen LogP contribution < -0.4 is 11.1 Å². The van der Waals surface area contributed by atoms with Crippen LogP contribution in [-0.4, -0.2) is 32.6 Å². The van der Waals surface area contributed by atoms with Crippen LogP contribution >= 0.6 is 0 Å². The molecule has 1 atom stereocenters. The Kier molecular flexibility index (Phi) is 4.38. The van der Waals surface area contributed by atoms with E-state index in [1.165, 1.54) is 6.92 Å². The average molecular weight is 255 g/mol. The predicted molar refractivity (Wildman–Crippen MR) is 67.2 cm³/mol. The molecule has 0 aromatic carbocycles. The number of aromatic nitrogens is 2. The van der Waals surface area contributed by atoms with Gasteiger partial charge in [0.15, 0.2) is 0 Å². The summed E-state index contributed by atoms with van der Waals surface area (Å²) in [7, 11) is 0. The van der Waals surface area contributed by atoms with Crippen molar-refractivity contribution in [2.75, 3.05) is 17.7 Å². The number of hydrogen-bond donors (Lipinski definition) is 3. The lowest BCUT2D eigenvalue weighted by molar-refractivity contribution is -0.385. The van der Waals surface area contributed by atoms with Gasteiger partial charge in [0.25, 0.3) is 0 Å². The number of aliphatic hydroxyl groups excluding tert-OH is 1. The molecule has 0 radical (unpaired) electrons. The van der Waals surface area contributed by atoms with E-state index in [9.17, 15) is 15.2 Å². The third kappa shape index (κ3) is 3.04. The molecule has 0 spiro atoms. The lowest BCUT2D eigenvalue weighted by Crippen LogP contribution is -2.30. The first kappa shape index (κ1) is 14.1. The first-order valence-electron chi connectivity index (χ1n) is 5.52. The lowest BCUT2D eigenvalue weighted by Gasteiger charge is -2.20. The van der Waals surface area contributed by atoms with Gasteiger partial charge < -0.3 is 16.2 Å². The lowest BCUT2D eigenvalue weighted by atomic mass is 10.1. The van der Waals surface area contributed by atoms with E-state index in [4.69, 9.17) is 5.73 Å². The average Bonchev–Trinajstić information content (AvgIpc) is 2.23. The van der Waals surface area contributed by atoms with Gasteiger partial charge in [0.1, 0.15) is 5.69 Å². The molecule has 8 nitrogen and oxygen atoms in total. The van der Waals surface area contributed by atoms with Crippen molar-refractivity contribution in [1.29, 1.82) is 0 Å². The Labute approximate surface area is 104 Å². The second kappa shape index (κ2) is 5.58. The molecule has 0 aliphatic rings. The highest BCUT2D eigenvalue weighted by molar-refractivity contribution is 5.60. The maximum Gasteiger partial charge on any atom is 0.332 e. The fraction of sp³-hybridized carbons (Fsp3) is 0.600. The molecule has 0 fully saturated rings. The van der Waals surface area contributed by atoms with Gasteiger partial charge in [0, 0.05) is 0 Å². The molecule has 100 valence electrons. The van der Waals surface area contributed by atoms with E-state index in [-0.39, 0.29) is 41.7 Å². The van der Waals surface area contributed by atoms with Crippen molar-refractivity contribution in [3.63, 3.8) is 0 Å². The Bertz CT molecular complexity index is 449. The number of anilines is 2. The van der Waals surface area contributed by atoms with E-state index < -0.39 is 4.92 Å². The van der Waals surface area contributed by atoms with Crippen LogP contribution in [0.1, 0.15) is 19.5 Å². The van der Waals surface area contributed by atoms with E-state index in [1.807, 2.05) is 13.8 Å². The number of nitrogens with two attached hydrogens (primary N) is 1. The third-order valence-electron chi connectivity index (χ3n) is 2.58. The van der Waals surface area contributed by atoms with E-state index in [1.54, 1.807) is 0 Å². The number of hydrogen-bond acceptors (Lipinski definition) is 7. The number of nitrogens with one attached hydrogen (secondary N) is 1. The molecule has 1 rings (SSSR count). The van der Waals surface area contributed by atoms with Gasteiger partial charge in [-0.1, -0.05) is 13.8 Å². The van der Waals surface area contributed by atoms with Crippen molar-refractivity contribution < 1.29 is 10.0 Å². The highest BCUT2D eigenvalue weighted by atomic mass is 16.6. The molecule has 0 bridgehead atoms. The Morgan fingerprint density at radius 1 is 1.50 bits per heavy atom. The Balaban J connectivity index is 3.18. The van der Waals surface area contributed by atoms with Crippen LogP contribution in [0.5, 0.6) is 0 Å². The standard InChI is InChI=1S/C10H17N5O3/c1-5(2)7(4-16)13-9-8(15(17)18)6(3)12-10(11)14-9/h5,7,16H,4H2,1-3H3,(H3,11,12,13,14). The molecule has 1 heterocycles. The molecule has 1 unspecified atom stereocenters. The van der Waals surface area contributed by atoms with Crippen LogP contribution in [-0.2, 0) is 0 Å². The second-order valence-corrected chi connectivity index (χ2v) is 4.30. The molecule has 0 aliphatic heterocycles. The molecule has 4 N–H and O–H groups in total. The molecular weight excluding hydrogens is 238 g/mol. The summed E-state index contributed by atoms with van der Waals surface area (Å²) in [6.45, 7) is 5.11. The minimum absolute atomic E-state index is 0.0396. The molecular formula is C10H17N5O3. The zero-order valence-electron chi connectivity index (χ0n) is 10.5. The van der Waals surface area contributed by atoms with Crippen molar-refractivity contribution in [2.45, 2.75) is 26.8 Å². The quantitative estimate of drug-likeness (QED) is 0.522. The van der Waals surface area contributed by atoms with Crippen LogP contribution in [0, 0.1) is 23.0 Å². The number of nitrogen functional groups attached to an aromatic ring is 1. The largest absolute Gasteiger partial charge is 0.394 e. The topological polar surface area (TPSA) is 127 Å². The van der Waals surface area contributed by atoms with Gasteiger partial charge in [0.2, 0.25) is 11.8 Å². The summed E-state index contributed by atoms with van der Waals surface area (Å²) in [6.07, 6.45) is 0. The SMILES string of the molecule is Cc1nc(N)nc(NC(CO)C(C)C)c1[N+](=O)[O-]. The zero-order valence-corrected chi connectivity index (χ0v) is 10.5. The number of nitrogens with zero attached hydrogens (tertiary/aromatic N) is 3. The summed E-state index contributed by atoms with van der Waals surface area (Å²) in [6, 6.07) is -0.336. The maximum absolute atomic E-state index is 11.0. The van der Waals surface area contributed by atoms with Gasteiger partial charge in [-0.3, -0.25) is 10.1 Å². The van der Waals surface area contributed by atoms with Gasteiger partial charge in [-0.25, -0.2) is 4.98 Å². The summed E-state index contributed by atoms with van der Waals surface area (Å²) in [5.74, 6) is 0.0879. The highest BCUT2D eigenvalue weighted by Crippen LogP contribution is 2.27. The molecule has 0 amide bonds. The number of rotatable bonds is 5. The van der Waals surface area contributed by atoms with Crippen LogP contribution in [0.3, 0.4) is 0 Å². The summed E-state index contributed by atoms with van der Waals surface area (Å²) in [4.78, 5) is 18.0. The Hall–Kier alpha value is -1.96. The van der Waals surface area contributed by atoms with Crippen molar-refractivity contribution in [3.8, 4) is 0 Å². The summed E-state index contributed by atoms with van der Waals surface area (Å²) < 4.78 is 0. The fourth-order valence-corrected chi connectivity index (χ4v) is 1.51. The molecule has 18 heavy (non-hydrogen) atoms. The maximum atomic E-state index is 11.0. The third-order valence-corrected chi connectivity index (χ3v) is 2.58. The van der Waals surface area contributed by atoms with Crippen molar-refractivity contribution in [3.05, 3.63) is 15.8 Å². The molecule has 0 aliphatic carbocycles. The van der Waals surface area contributed by atoms with Crippen molar-refractivity contribution in [2.24, 2.45) is 5.92 Å². The van der Waals surface area contributed by atoms with Gasteiger partial charge in [-0.15, -0.1) is 0 Å². The van der Waals surface area contributed by atoms with Crippen LogP contribution in [0.2, 0.25) is 0 Å². The van der Waals surface area contributed by atoms with Gasteiger partial charge in [-0.05, 0) is 12.8 Å². The molecule has 0 saturated carbocycles. The molecule has 1 aromatic rings. The molecule has 8 heteroatoms. The van der Waals surface area contributed by atoms with Crippen molar-refractivity contribution >= 4 is 17.5 Å². The zero-order chi connectivity index (χ0) is 13.9. The van der Waals surface area contributed by atoms with E-state index in [0.717, 1.165) is 0 Å². The fourth-order valence-electron chi connectivity index (χ4n) is 1.51. The highest BCUT2D eigenvalue weighted by Gasteiger charge is 2.24. The van der Waals surface area contributed by atoms with Gasteiger partial charge >= 0.3 is 5.69 Å². The summed E-state index contributed by atoms with van der Waals surface area (Å²) >= 11 is 0. The number of aliphatic hydroxyl groups is 1. The first-order chi connectivity index (χ1) is 8.36. The van der Waals surface area contributed by atoms with E-state index >= 15 is 0 Å². The number of nitro groups is 1. The molecule has 1 aromatic heterocycles. The van der Waals surface area contributed by atoms with E-state index in [0.29, 0.717) is 0 Å². The Morgan fingerprint density at radius 3 is 2.56 bits per heavy atom. The summed E-state index contributed by atoms with van der Waals surface area (Å²) in [5, 5.41) is 23.0. The van der Waals surface area contributed by atoms with Crippen LogP contribution in [0.15, 0.2) is 0 Å². The minimum Gasteiger partial charge on any atom is -0.394 e.